The number of hydrogen-bond donors (Lipinski definition) is 0. The fraction of sp³-hybridized carbons (Fsp3) is 0.148. The molecule has 5 rings (SSSR count). The molecule has 1 aliphatic heterocycles. The highest BCUT2D eigenvalue weighted by Crippen LogP contribution is 2.48. The third-order valence-electron chi connectivity index (χ3n) is 5.40. The molecule has 0 amide bonds. The summed E-state index contributed by atoms with van der Waals surface area (Å²) in [5, 5.41) is 4.05. The van der Waals surface area contributed by atoms with Gasteiger partial charge in [-0.05, 0) is 36.6 Å². The van der Waals surface area contributed by atoms with Gasteiger partial charge in [0.05, 0.1) is 29.3 Å². The Bertz CT molecular complexity index is 1530. The van der Waals surface area contributed by atoms with E-state index in [-0.39, 0.29) is 0 Å². The number of thiazole rings is 1. The van der Waals surface area contributed by atoms with Crippen LogP contribution in [0.25, 0.3) is 27.1 Å². The maximum Gasteiger partial charge on any atom is 0.265 e. The van der Waals surface area contributed by atoms with Crippen molar-refractivity contribution in [2.75, 3.05) is 17.9 Å². The summed E-state index contributed by atoms with van der Waals surface area (Å²) in [7, 11) is -2.93. The molecule has 0 fully saturated rings. The fourth-order valence-electron chi connectivity index (χ4n) is 4.01. The topological polar surface area (TPSA) is 73.5 Å². The summed E-state index contributed by atoms with van der Waals surface area (Å²) in [4.78, 5) is 2.45. The smallest absolute Gasteiger partial charge is 0.265 e. The number of hydrogen-bond acceptors (Lipinski definition) is 7. The van der Waals surface area contributed by atoms with Crippen LogP contribution < -0.4 is 14.2 Å². The van der Waals surface area contributed by atoms with Gasteiger partial charge < -0.3 is 14.2 Å². The second-order valence-corrected chi connectivity index (χ2v) is 10.8. The van der Waals surface area contributed by atoms with Gasteiger partial charge in [-0.1, -0.05) is 47.4 Å². The van der Waals surface area contributed by atoms with Crippen molar-refractivity contribution in [1.82, 2.24) is 0 Å². The molecule has 188 valence electrons. The van der Waals surface area contributed by atoms with Crippen LogP contribution in [-0.2, 0) is 16.7 Å². The first-order valence-corrected chi connectivity index (χ1v) is 14.2. The van der Waals surface area contributed by atoms with Gasteiger partial charge in [0.2, 0.25) is 5.52 Å². The van der Waals surface area contributed by atoms with Crippen molar-refractivity contribution in [3.05, 3.63) is 90.9 Å². The van der Waals surface area contributed by atoms with Gasteiger partial charge in [-0.15, -0.1) is 26.3 Å². The molecule has 36 heavy (non-hydrogen) atoms. The molecule has 1 aromatic heterocycles. The van der Waals surface area contributed by atoms with Crippen LogP contribution in [0, 0.1) is 0 Å². The zero-order valence-corrected chi connectivity index (χ0v) is 22.7. The maximum absolute atomic E-state index is 11.7. The SMILES string of the molecule is C=C.C=C.CC[n+]1c(C=C2Sc3ccc(OC)cc3N2CS(=O)(=O)[O-])sc2ccc3ccccc3c21. The Labute approximate surface area is 220 Å². The lowest BCUT2D eigenvalue weighted by atomic mass is 10.1. The number of methoxy groups -OCH3 is 1. The highest BCUT2D eigenvalue weighted by Gasteiger charge is 2.29. The van der Waals surface area contributed by atoms with Crippen LogP contribution in [0.15, 0.2) is 90.8 Å². The molecule has 0 spiro atoms. The van der Waals surface area contributed by atoms with Gasteiger partial charge in [0, 0.05) is 11.0 Å². The Morgan fingerprint density at radius 2 is 1.81 bits per heavy atom. The van der Waals surface area contributed by atoms with Crippen molar-refractivity contribution in [3.8, 4) is 5.75 Å². The molecule has 2 heterocycles. The van der Waals surface area contributed by atoms with Crippen LogP contribution in [0.2, 0.25) is 0 Å². The second-order valence-electron chi connectivity index (χ2n) is 7.35. The van der Waals surface area contributed by atoms with Gasteiger partial charge in [0.15, 0.2) is 0 Å². The summed E-state index contributed by atoms with van der Waals surface area (Å²) in [6.45, 7) is 14.9. The third-order valence-corrected chi connectivity index (χ3v) is 8.19. The molecular formula is C27H28N2O4S3. The first-order chi connectivity index (χ1) is 17.4. The van der Waals surface area contributed by atoms with Crippen molar-refractivity contribution in [3.63, 3.8) is 0 Å². The van der Waals surface area contributed by atoms with Crippen LogP contribution >= 0.6 is 23.1 Å². The number of anilines is 1. The highest BCUT2D eigenvalue weighted by atomic mass is 32.2. The molecule has 0 bridgehead atoms. The van der Waals surface area contributed by atoms with Gasteiger partial charge in [-0.25, -0.2) is 8.42 Å². The average Bonchev–Trinajstić information content (AvgIpc) is 3.42. The lowest BCUT2D eigenvalue weighted by Gasteiger charge is -2.22. The Hall–Kier alpha value is -3.11. The Balaban J connectivity index is 0.000000861. The van der Waals surface area contributed by atoms with E-state index < -0.39 is 16.0 Å². The lowest BCUT2D eigenvalue weighted by Crippen LogP contribution is -2.34. The normalized spacial score (nSPS) is 13.6. The standard InChI is InChI=1S/C23H20N2O4S3.2C2H4/c1-3-24-21(31-20-10-8-15-6-4-5-7-17(15)23(20)24)13-22-25(14-32(26,27)28)18-12-16(29-2)9-11-19(18)30-22;2*1-2/h4-13H,3,14H2,1-2H3;2*1-2H2. The van der Waals surface area contributed by atoms with Gasteiger partial charge >= 0.3 is 0 Å². The molecule has 0 N–H and O–H groups in total. The van der Waals surface area contributed by atoms with Crippen molar-refractivity contribution >= 4 is 66.0 Å². The van der Waals surface area contributed by atoms with Crippen LogP contribution in [0.4, 0.5) is 5.69 Å². The maximum atomic E-state index is 11.7. The largest absolute Gasteiger partial charge is 0.747 e. The summed E-state index contributed by atoms with van der Waals surface area (Å²) in [5.41, 5.74) is 1.82. The van der Waals surface area contributed by atoms with Crippen LogP contribution in [0.3, 0.4) is 0 Å². The Kier molecular flexibility index (Phi) is 8.97. The molecule has 0 unspecified atom stereocenters. The Morgan fingerprint density at radius 3 is 2.47 bits per heavy atom. The van der Waals surface area contributed by atoms with E-state index >= 15 is 0 Å². The number of ether oxygens (including phenoxy) is 1. The fourth-order valence-corrected chi connectivity index (χ4v) is 7.02. The second kappa shape index (κ2) is 11.7. The minimum absolute atomic E-state index is 0.607. The van der Waals surface area contributed by atoms with E-state index in [9.17, 15) is 13.0 Å². The van der Waals surface area contributed by atoms with Crippen molar-refractivity contribution < 1.29 is 22.3 Å². The van der Waals surface area contributed by atoms with Crippen molar-refractivity contribution in [1.29, 1.82) is 0 Å². The molecule has 0 saturated carbocycles. The predicted octanol–water partition coefficient (Wildman–Crippen LogP) is 6.39. The van der Waals surface area contributed by atoms with E-state index in [1.807, 2.05) is 30.3 Å². The minimum atomic E-state index is -4.49. The molecule has 0 atom stereocenters. The van der Waals surface area contributed by atoms with E-state index in [1.54, 1.807) is 29.4 Å². The number of thioether (sulfide) groups is 1. The van der Waals surface area contributed by atoms with Crippen molar-refractivity contribution in [2.45, 2.75) is 18.4 Å². The molecule has 3 aromatic carbocycles. The summed E-state index contributed by atoms with van der Waals surface area (Å²) in [5.74, 6) is -0.0257. The summed E-state index contributed by atoms with van der Waals surface area (Å²) < 4.78 is 43.8. The molecule has 0 aliphatic carbocycles. The number of benzene rings is 3. The molecule has 0 saturated heterocycles. The predicted molar refractivity (Wildman–Crippen MR) is 152 cm³/mol. The van der Waals surface area contributed by atoms with Crippen molar-refractivity contribution in [2.24, 2.45) is 0 Å². The number of aromatic nitrogens is 1. The van der Waals surface area contributed by atoms with Gasteiger partial charge in [-0.3, -0.25) is 0 Å². The first-order valence-electron chi connectivity index (χ1n) is 11.0. The monoisotopic (exact) mass is 540 g/mol. The molecule has 4 aromatic rings. The first kappa shape index (κ1) is 27.5. The number of rotatable bonds is 5. The van der Waals surface area contributed by atoms with E-state index in [0.717, 1.165) is 26.7 Å². The average molecular weight is 541 g/mol. The summed E-state index contributed by atoms with van der Waals surface area (Å²) in [6, 6.07) is 18.0. The lowest BCUT2D eigenvalue weighted by molar-refractivity contribution is -0.664. The number of nitrogens with zero attached hydrogens (tertiary/aromatic N) is 2. The van der Waals surface area contributed by atoms with E-state index in [2.05, 4.69) is 62.1 Å². The van der Waals surface area contributed by atoms with Crippen LogP contribution in [-0.4, -0.2) is 26.0 Å². The van der Waals surface area contributed by atoms with Gasteiger partial charge in [-0.2, -0.15) is 4.57 Å². The summed E-state index contributed by atoms with van der Waals surface area (Å²) in [6.07, 6.45) is 1.98. The number of fused-ring (bicyclic) bond motifs is 4. The van der Waals surface area contributed by atoms with Gasteiger partial charge in [0.25, 0.3) is 5.01 Å². The molecule has 6 nitrogen and oxygen atoms in total. The van der Waals surface area contributed by atoms with Gasteiger partial charge in [0.1, 0.15) is 33.0 Å². The van der Waals surface area contributed by atoms with Crippen LogP contribution in [0.5, 0.6) is 5.75 Å². The molecule has 1 aliphatic rings. The zero-order valence-electron chi connectivity index (χ0n) is 20.3. The number of aryl methyl sites for hydroxylation is 1. The van der Waals surface area contributed by atoms with E-state index in [0.29, 0.717) is 16.5 Å². The highest BCUT2D eigenvalue weighted by molar-refractivity contribution is 8.04. The molecule has 0 radical (unpaired) electrons. The third kappa shape index (κ3) is 5.49. The quantitative estimate of drug-likeness (QED) is 0.166. The molecular weight excluding hydrogens is 513 g/mol. The van der Waals surface area contributed by atoms with E-state index in [4.69, 9.17) is 4.74 Å². The minimum Gasteiger partial charge on any atom is -0.747 e. The summed E-state index contributed by atoms with van der Waals surface area (Å²) >= 11 is 3.10. The Morgan fingerprint density at radius 1 is 1.08 bits per heavy atom. The van der Waals surface area contributed by atoms with Crippen LogP contribution in [0.1, 0.15) is 11.9 Å². The molecule has 9 heteroatoms. The van der Waals surface area contributed by atoms with E-state index in [1.165, 1.54) is 22.5 Å². The zero-order chi connectivity index (χ0) is 26.5.